The Morgan fingerprint density at radius 1 is 1.15 bits per heavy atom. The van der Waals surface area contributed by atoms with E-state index in [0.717, 1.165) is 5.56 Å². The number of nitrogens with zero attached hydrogens (tertiary/aromatic N) is 1. The second-order valence-corrected chi connectivity index (χ2v) is 6.30. The van der Waals surface area contributed by atoms with Crippen LogP contribution in [-0.2, 0) is 0 Å². The third-order valence-electron chi connectivity index (χ3n) is 4.70. The van der Waals surface area contributed by atoms with Crippen LogP contribution in [0, 0.1) is 0 Å². The number of aliphatic hydroxyl groups is 1. The summed E-state index contributed by atoms with van der Waals surface area (Å²) in [6.45, 7) is 2.29. The van der Waals surface area contributed by atoms with Gasteiger partial charge in [-0.3, -0.25) is 9.59 Å². The van der Waals surface area contributed by atoms with Gasteiger partial charge in [-0.25, -0.2) is 0 Å². The number of carbonyl (C=O) groups excluding carboxylic acids is 1. The summed E-state index contributed by atoms with van der Waals surface area (Å²) in [5.41, 5.74) is 1.19. The minimum Gasteiger partial charge on any atom is -0.494 e. The van der Waals surface area contributed by atoms with Gasteiger partial charge in [0.15, 0.2) is 5.43 Å². The molecular weight excluding hydrogens is 346 g/mol. The van der Waals surface area contributed by atoms with Crippen LogP contribution in [0.15, 0.2) is 57.7 Å². The molecule has 0 fully saturated rings. The minimum atomic E-state index is -0.624. The molecule has 0 saturated heterocycles. The molecule has 1 amide bonds. The first-order valence-corrected chi connectivity index (χ1v) is 8.86. The number of benzene rings is 2. The van der Waals surface area contributed by atoms with E-state index in [2.05, 4.69) is 0 Å². The highest BCUT2D eigenvalue weighted by atomic mass is 16.5. The monoisotopic (exact) mass is 365 g/mol. The molecule has 6 nitrogen and oxygen atoms in total. The predicted molar refractivity (Wildman–Crippen MR) is 100 cm³/mol. The van der Waals surface area contributed by atoms with Crippen LogP contribution < -0.4 is 10.2 Å². The Morgan fingerprint density at radius 3 is 2.74 bits per heavy atom. The molecule has 1 aromatic heterocycles. The van der Waals surface area contributed by atoms with Crippen LogP contribution >= 0.6 is 0 Å². The molecule has 1 N–H and O–H groups in total. The van der Waals surface area contributed by atoms with Crippen LogP contribution in [0.2, 0.25) is 0 Å². The first-order valence-electron chi connectivity index (χ1n) is 8.86. The molecule has 2 aromatic carbocycles. The van der Waals surface area contributed by atoms with E-state index in [1.54, 1.807) is 24.3 Å². The van der Waals surface area contributed by atoms with Crippen LogP contribution in [0.5, 0.6) is 5.75 Å². The van der Waals surface area contributed by atoms with E-state index in [9.17, 15) is 14.7 Å². The van der Waals surface area contributed by atoms with Gasteiger partial charge in [0.05, 0.1) is 30.2 Å². The van der Waals surface area contributed by atoms with E-state index in [-0.39, 0.29) is 24.3 Å². The van der Waals surface area contributed by atoms with Gasteiger partial charge in [0.25, 0.3) is 5.91 Å². The maximum atomic E-state index is 13.2. The second-order valence-electron chi connectivity index (χ2n) is 6.30. The SMILES string of the molecule is CCOc1cccc(C2c3c(oc4ccccc4c3=O)C(=O)N2CCO)c1. The van der Waals surface area contributed by atoms with Gasteiger partial charge in [0.2, 0.25) is 5.76 Å². The lowest BCUT2D eigenvalue weighted by molar-refractivity contribution is 0.0691. The maximum absolute atomic E-state index is 13.2. The van der Waals surface area contributed by atoms with Crippen molar-refractivity contribution in [3.8, 4) is 5.75 Å². The van der Waals surface area contributed by atoms with E-state index in [0.29, 0.717) is 28.9 Å². The molecule has 4 rings (SSSR count). The molecule has 1 unspecified atom stereocenters. The average molecular weight is 365 g/mol. The van der Waals surface area contributed by atoms with E-state index in [4.69, 9.17) is 9.15 Å². The van der Waals surface area contributed by atoms with Gasteiger partial charge in [-0.1, -0.05) is 24.3 Å². The fourth-order valence-electron chi connectivity index (χ4n) is 3.59. The molecule has 1 aliphatic heterocycles. The van der Waals surface area contributed by atoms with Gasteiger partial charge in [0.1, 0.15) is 11.3 Å². The molecule has 138 valence electrons. The van der Waals surface area contributed by atoms with Crippen molar-refractivity contribution >= 4 is 16.9 Å². The summed E-state index contributed by atoms with van der Waals surface area (Å²) in [5.74, 6) is 0.303. The molecule has 0 spiro atoms. The highest BCUT2D eigenvalue weighted by molar-refractivity contribution is 5.99. The summed E-state index contributed by atoms with van der Waals surface area (Å²) in [6, 6.07) is 13.6. The number of carbonyl (C=O) groups is 1. The van der Waals surface area contributed by atoms with Crippen molar-refractivity contribution in [2.45, 2.75) is 13.0 Å². The number of fused-ring (bicyclic) bond motifs is 2. The standard InChI is InChI=1S/C21H19NO5/c1-2-26-14-7-5-6-13(12-14)18-17-19(24)15-8-3-4-9-16(15)27-20(17)21(25)22(18)10-11-23/h3-9,12,18,23H,2,10-11H2,1H3. The second kappa shape index (κ2) is 6.89. The van der Waals surface area contributed by atoms with Crippen molar-refractivity contribution in [2.75, 3.05) is 19.8 Å². The number of ether oxygens (including phenoxy) is 1. The molecule has 27 heavy (non-hydrogen) atoms. The van der Waals surface area contributed by atoms with Crippen LogP contribution in [0.1, 0.15) is 34.6 Å². The lowest BCUT2D eigenvalue weighted by atomic mass is 9.98. The number of hydrogen-bond donors (Lipinski definition) is 1. The fourth-order valence-corrected chi connectivity index (χ4v) is 3.59. The van der Waals surface area contributed by atoms with Crippen LogP contribution in [-0.4, -0.2) is 35.7 Å². The fraction of sp³-hybridized carbons (Fsp3) is 0.238. The number of β-amino-alcohol motifs (C(OH)–C–C–N with tert-alkyl or cyclic N) is 1. The molecular formula is C21H19NO5. The Morgan fingerprint density at radius 2 is 1.96 bits per heavy atom. The zero-order valence-corrected chi connectivity index (χ0v) is 14.8. The van der Waals surface area contributed by atoms with Crippen molar-refractivity contribution in [3.63, 3.8) is 0 Å². The molecule has 0 saturated carbocycles. The van der Waals surface area contributed by atoms with Gasteiger partial charge in [0, 0.05) is 6.54 Å². The van der Waals surface area contributed by atoms with Crippen molar-refractivity contribution < 1.29 is 19.1 Å². The molecule has 1 aliphatic rings. The van der Waals surface area contributed by atoms with Gasteiger partial charge in [-0.2, -0.15) is 0 Å². The van der Waals surface area contributed by atoms with E-state index < -0.39 is 11.9 Å². The van der Waals surface area contributed by atoms with E-state index >= 15 is 0 Å². The Hall–Kier alpha value is -3.12. The van der Waals surface area contributed by atoms with Gasteiger partial charge in [-0.15, -0.1) is 0 Å². The summed E-state index contributed by atoms with van der Waals surface area (Å²) < 4.78 is 11.4. The number of aliphatic hydroxyl groups excluding tert-OH is 1. The molecule has 0 aliphatic carbocycles. The van der Waals surface area contributed by atoms with Crippen molar-refractivity contribution in [1.82, 2.24) is 4.90 Å². The first kappa shape index (κ1) is 17.3. The lowest BCUT2D eigenvalue weighted by Gasteiger charge is -2.24. The highest BCUT2D eigenvalue weighted by Crippen LogP contribution is 2.38. The van der Waals surface area contributed by atoms with Gasteiger partial charge >= 0.3 is 0 Å². The Balaban J connectivity index is 1.95. The third kappa shape index (κ3) is 2.78. The molecule has 0 bridgehead atoms. The number of rotatable bonds is 5. The predicted octanol–water partition coefficient (Wildman–Crippen LogP) is 2.73. The van der Waals surface area contributed by atoms with Crippen LogP contribution in [0.4, 0.5) is 0 Å². The largest absolute Gasteiger partial charge is 0.494 e. The van der Waals surface area contributed by atoms with Crippen molar-refractivity contribution in [1.29, 1.82) is 0 Å². The summed E-state index contributed by atoms with van der Waals surface area (Å²) in [7, 11) is 0. The van der Waals surface area contributed by atoms with Crippen molar-refractivity contribution in [2.24, 2.45) is 0 Å². The summed E-state index contributed by atoms with van der Waals surface area (Å²) in [4.78, 5) is 27.6. The van der Waals surface area contributed by atoms with Crippen LogP contribution in [0.3, 0.4) is 0 Å². The normalized spacial score (nSPS) is 16.0. The summed E-state index contributed by atoms with van der Waals surface area (Å²) >= 11 is 0. The van der Waals surface area contributed by atoms with Crippen molar-refractivity contribution in [3.05, 3.63) is 75.6 Å². The zero-order chi connectivity index (χ0) is 19.0. The first-order chi connectivity index (χ1) is 13.2. The average Bonchev–Trinajstić information content (AvgIpc) is 2.96. The molecule has 2 heterocycles. The number of amides is 1. The zero-order valence-electron chi connectivity index (χ0n) is 14.8. The number of hydrogen-bond acceptors (Lipinski definition) is 5. The minimum absolute atomic E-state index is 0.0407. The van der Waals surface area contributed by atoms with Gasteiger partial charge < -0.3 is 19.2 Å². The van der Waals surface area contributed by atoms with E-state index in [1.807, 2.05) is 31.2 Å². The summed E-state index contributed by atoms with van der Waals surface area (Å²) in [6.07, 6.45) is 0. The third-order valence-corrected chi connectivity index (χ3v) is 4.70. The molecule has 0 radical (unpaired) electrons. The Bertz CT molecular complexity index is 1070. The smallest absolute Gasteiger partial charge is 0.290 e. The lowest BCUT2D eigenvalue weighted by Crippen LogP contribution is -2.32. The molecule has 3 aromatic rings. The Labute approximate surface area is 155 Å². The molecule has 6 heteroatoms. The molecule has 1 atom stereocenters. The quantitative estimate of drug-likeness (QED) is 0.752. The highest BCUT2D eigenvalue weighted by Gasteiger charge is 2.42. The summed E-state index contributed by atoms with van der Waals surface area (Å²) in [5, 5.41) is 9.89. The van der Waals surface area contributed by atoms with E-state index in [1.165, 1.54) is 4.90 Å². The number of para-hydroxylation sites is 1. The Kier molecular flexibility index (Phi) is 4.41. The maximum Gasteiger partial charge on any atom is 0.290 e. The topological polar surface area (TPSA) is 80.0 Å². The van der Waals surface area contributed by atoms with Gasteiger partial charge in [-0.05, 0) is 36.8 Å². The van der Waals surface area contributed by atoms with Crippen LogP contribution in [0.25, 0.3) is 11.0 Å².